The van der Waals surface area contributed by atoms with E-state index < -0.39 is 0 Å². The summed E-state index contributed by atoms with van der Waals surface area (Å²) in [6, 6.07) is 8.32. The normalized spacial score (nSPS) is 18.3. The molecular formula is C14H16N2O2S. The van der Waals surface area contributed by atoms with E-state index in [-0.39, 0.29) is 12.0 Å². The molecule has 2 N–H and O–H groups in total. The molecule has 1 aromatic carbocycles. The van der Waals surface area contributed by atoms with E-state index in [4.69, 9.17) is 10.5 Å². The summed E-state index contributed by atoms with van der Waals surface area (Å²) in [6.07, 6.45) is 0.321. The molecule has 0 bridgehead atoms. The molecule has 100 valence electrons. The number of carbonyl (C=O) groups excluding carboxylic acids is 1. The lowest BCUT2D eigenvalue weighted by molar-refractivity contribution is -0.139. The second-order valence-corrected chi connectivity index (χ2v) is 5.74. The van der Waals surface area contributed by atoms with Crippen LogP contribution in [0.2, 0.25) is 0 Å². The Morgan fingerprint density at radius 3 is 3.11 bits per heavy atom. The number of nitrogens with zero attached hydrogens (tertiary/aromatic N) is 1. The van der Waals surface area contributed by atoms with Gasteiger partial charge < -0.3 is 15.0 Å². The van der Waals surface area contributed by atoms with Gasteiger partial charge in [-0.25, -0.2) is 0 Å². The minimum Gasteiger partial charge on any atom is -0.469 e. The zero-order valence-electron chi connectivity index (χ0n) is 10.8. The van der Waals surface area contributed by atoms with Gasteiger partial charge in [-0.3, -0.25) is 4.79 Å². The Labute approximate surface area is 115 Å². The van der Waals surface area contributed by atoms with Crippen molar-refractivity contribution in [2.45, 2.75) is 24.0 Å². The summed E-state index contributed by atoms with van der Waals surface area (Å²) in [6.45, 7) is 0.810. The lowest BCUT2D eigenvalue weighted by Gasteiger charge is -2.22. The van der Waals surface area contributed by atoms with Gasteiger partial charge in [-0.15, -0.1) is 11.8 Å². The van der Waals surface area contributed by atoms with E-state index in [0.29, 0.717) is 6.42 Å². The van der Waals surface area contributed by atoms with Gasteiger partial charge >= 0.3 is 5.97 Å². The van der Waals surface area contributed by atoms with Crippen LogP contribution >= 0.6 is 11.8 Å². The fourth-order valence-electron chi connectivity index (χ4n) is 2.56. The lowest BCUT2D eigenvalue weighted by atomic mass is 10.1. The molecule has 0 radical (unpaired) electrons. The highest BCUT2D eigenvalue weighted by atomic mass is 32.2. The van der Waals surface area contributed by atoms with E-state index in [1.54, 1.807) is 11.8 Å². The highest BCUT2D eigenvalue weighted by Gasteiger charge is 2.24. The molecule has 5 heteroatoms. The molecule has 4 nitrogen and oxygen atoms in total. The molecule has 0 amide bonds. The van der Waals surface area contributed by atoms with Crippen molar-refractivity contribution in [3.8, 4) is 0 Å². The molecule has 1 atom stereocenters. The molecule has 19 heavy (non-hydrogen) atoms. The highest BCUT2D eigenvalue weighted by Crippen LogP contribution is 2.36. The van der Waals surface area contributed by atoms with Gasteiger partial charge in [0.1, 0.15) is 0 Å². The summed E-state index contributed by atoms with van der Waals surface area (Å²) in [5.74, 6) is 0.694. The number of para-hydroxylation sites is 1. The molecule has 2 heterocycles. The van der Waals surface area contributed by atoms with Crippen LogP contribution in [0.25, 0.3) is 10.9 Å². The van der Waals surface area contributed by atoms with Crippen molar-refractivity contribution in [2.75, 3.05) is 12.9 Å². The summed E-state index contributed by atoms with van der Waals surface area (Å²) in [5, 5.41) is 2.29. The zero-order chi connectivity index (χ0) is 13.4. The molecule has 0 saturated carbocycles. The first-order valence-electron chi connectivity index (χ1n) is 6.26. The second kappa shape index (κ2) is 4.90. The maximum atomic E-state index is 11.6. The first kappa shape index (κ1) is 12.6. The fourth-order valence-corrected chi connectivity index (χ4v) is 3.72. The molecule has 1 aliphatic heterocycles. The Kier molecular flexibility index (Phi) is 3.24. The number of ether oxygens (including phenoxy) is 1. The molecular weight excluding hydrogens is 260 g/mol. The summed E-state index contributed by atoms with van der Waals surface area (Å²) < 4.78 is 7.03. The minimum atomic E-state index is -0.199. The lowest BCUT2D eigenvalue weighted by Crippen LogP contribution is -2.32. The van der Waals surface area contributed by atoms with Crippen LogP contribution in [0.5, 0.6) is 0 Å². The van der Waals surface area contributed by atoms with Gasteiger partial charge in [-0.05, 0) is 6.07 Å². The Balaban J connectivity index is 2.17. The molecule has 1 aliphatic rings. The summed E-state index contributed by atoms with van der Waals surface area (Å²) in [5.41, 5.74) is 8.26. The number of hydrogen-bond donors (Lipinski definition) is 1. The van der Waals surface area contributed by atoms with Crippen molar-refractivity contribution in [3.63, 3.8) is 0 Å². The van der Waals surface area contributed by atoms with Gasteiger partial charge in [0, 0.05) is 34.8 Å². The van der Waals surface area contributed by atoms with Crippen molar-refractivity contribution in [1.82, 2.24) is 4.57 Å². The Morgan fingerprint density at radius 2 is 2.32 bits per heavy atom. The Hall–Kier alpha value is -1.46. The van der Waals surface area contributed by atoms with Crippen LogP contribution in [0.4, 0.5) is 0 Å². The van der Waals surface area contributed by atoms with Crippen LogP contribution in [-0.2, 0) is 22.5 Å². The maximum Gasteiger partial charge on any atom is 0.310 e. The van der Waals surface area contributed by atoms with E-state index >= 15 is 0 Å². The predicted octanol–water partition coefficient (Wildman–Crippen LogP) is 1.79. The van der Waals surface area contributed by atoms with E-state index in [9.17, 15) is 4.79 Å². The average Bonchev–Trinajstić information content (AvgIpc) is 2.73. The predicted molar refractivity (Wildman–Crippen MR) is 76.4 cm³/mol. The van der Waals surface area contributed by atoms with Crippen LogP contribution in [0.3, 0.4) is 0 Å². The van der Waals surface area contributed by atoms with Crippen LogP contribution in [0.15, 0.2) is 29.3 Å². The number of methoxy groups -OCH3 is 1. The number of rotatable bonds is 2. The van der Waals surface area contributed by atoms with Gasteiger partial charge in [0.2, 0.25) is 0 Å². The Morgan fingerprint density at radius 1 is 1.53 bits per heavy atom. The molecule has 3 rings (SSSR count). The van der Waals surface area contributed by atoms with Gasteiger partial charge in [0.25, 0.3) is 0 Å². The molecule has 0 saturated heterocycles. The molecule has 0 aliphatic carbocycles. The van der Waals surface area contributed by atoms with E-state index in [2.05, 4.69) is 16.7 Å². The second-order valence-electron chi connectivity index (χ2n) is 4.74. The topological polar surface area (TPSA) is 57.2 Å². The van der Waals surface area contributed by atoms with Gasteiger partial charge in [0.15, 0.2) is 0 Å². The van der Waals surface area contributed by atoms with Crippen LogP contribution < -0.4 is 5.73 Å². The number of fused-ring (bicyclic) bond motifs is 3. The van der Waals surface area contributed by atoms with Crippen molar-refractivity contribution in [2.24, 2.45) is 5.73 Å². The summed E-state index contributed by atoms with van der Waals surface area (Å²) in [7, 11) is 1.43. The smallest absolute Gasteiger partial charge is 0.310 e. The number of nitrogens with two attached hydrogens (primary N) is 1. The van der Waals surface area contributed by atoms with Crippen LogP contribution in [0.1, 0.15) is 5.56 Å². The first-order chi connectivity index (χ1) is 9.20. The summed E-state index contributed by atoms with van der Waals surface area (Å²) >= 11 is 1.73. The molecule has 2 aromatic rings. The van der Waals surface area contributed by atoms with Crippen molar-refractivity contribution >= 4 is 28.6 Å². The van der Waals surface area contributed by atoms with Gasteiger partial charge in [0.05, 0.1) is 18.6 Å². The quantitative estimate of drug-likeness (QED) is 0.850. The number of benzene rings is 1. The van der Waals surface area contributed by atoms with Gasteiger partial charge in [-0.2, -0.15) is 0 Å². The highest BCUT2D eigenvalue weighted by molar-refractivity contribution is 7.99. The monoisotopic (exact) mass is 276 g/mol. The van der Waals surface area contributed by atoms with Crippen LogP contribution in [0, 0.1) is 0 Å². The third-order valence-electron chi connectivity index (χ3n) is 3.42. The molecule has 0 spiro atoms. The zero-order valence-corrected chi connectivity index (χ0v) is 11.6. The number of aromatic nitrogens is 1. The number of hydrogen-bond acceptors (Lipinski definition) is 4. The Bertz CT molecular complexity index is 636. The van der Waals surface area contributed by atoms with Gasteiger partial charge in [-0.1, -0.05) is 18.2 Å². The van der Waals surface area contributed by atoms with Crippen molar-refractivity contribution in [1.29, 1.82) is 0 Å². The van der Waals surface area contributed by atoms with Crippen molar-refractivity contribution < 1.29 is 9.53 Å². The standard InChI is InChI=1S/C14H16N2O2S/c1-18-13(17)6-11-10-4-2-3-5-12(10)16-7-9(15)8-19-14(11)16/h2-5,9H,6-8,15H2,1H3/t9-/m0/s1. The van der Waals surface area contributed by atoms with E-state index in [0.717, 1.165) is 33.8 Å². The third-order valence-corrected chi connectivity index (χ3v) is 4.76. The van der Waals surface area contributed by atoms with E-state index in [1.807, 2.05) is 12.1 Å². The number of carbonyl (C=O) groups is 1. The van der Waals surface area contributed by atoms with Crippen molar-refractivity contribution in [3.05, 3.63) is 29.8 Å². The molecule has 1 aromatic heterocycles. The minimum absolute atomic E-state index is 0.166. The first-order valence-corrected chi connectivity index (χ1v) is 7.24. The fraction of sp³-hybridized carbons (Fsp3) is 0.357. The van der Waals surface area contributed by atoms with E-state index in [1.165, 1.54) is 7.11 Å². The SMILES string of the molecule is COC(=O)Cc1c2n(c3ccccc13)C[C@H](N)CS2. The third kappa shape index (κ3) is 2.13. The maximum absolute atomic E-state index is 11.6. The van der Waals surface area contributed by atoms with Crippen LogP contribution in [-0.4, -0.2) is 29.4 Å². The molecule has 0 unspecified atom stereocenters. The number of thioether (sulfide) groups is 1. The number of esters is 1. The largest absolute Gasteiger partial charge is 0.469 e. The summed E-state index contributed by atoms with van der Waals surface area (Å²) in [4.78, 5) is 11.6. The average molecular weight is 276 g/mol. The molecule has 0 fully saturated rings.